The van der Waals surface area contributed by atoms with Crippen LogP contribution in [0.25, 0.3) is 0 Å². The Morgan fingerprint density at radius 3 is 2.84 bits per heavy atom. The second-order valence-corrected chi connectivity index (χ2v) is 4.25. The van der Waals surface area contributed by atoms with E-state index in [1.807, 2.05) is 0 Å². The summed E-state index contributed by atoms with van der Waals surface area (Å²) in [7, 11) is 0. The molecule has 0 saturated heterocycles. The van der Waals surface area contributed by atoms with Crippen molar-refractivity contribution >= 4 is 29.2 Å². The van der Waals surface area contributed by atoms with Crippen LogP contribution in [0, 0.1) is 0 Å². The number of nitrogens with one attached hydrogen (secondary N) is 1. The van der Waals surface area contributed by atoms with Gasteiger partial charge < -0.3 is 15.8 Å². The lowest BCUT2D eigenvalue weighted by Gasteiger charge is -2.08. The zero-order valence-corrected chi connectivity index (χ0v) is 11.5. The van der Waals surface area contributed by atoms with Gasteiger partial charge in [0.15, 0.2) is 0 Å². The highest BCUT2D eigenvalue weighted by atomic mass is 35.5. The van der Waals surface area contributed by atoms with Crippen molar-refractivity contribution in [2.24, 2.45) is 0 Å². The molecule has 0 saturated carbocycles. The summed E-state index contributed by atoms with van der Waals surface area (Å²) in [5.74, 6) is -0.570. The summed E-state index contributed by atoms with van der Waals surface area (Å²) in [5, 5.41) is 2.92. The lowest BCUT2D eigenvalue weighted by atomic mass is 10.2. The lowest BCUT2D eigenvalue weighted by Crippen LogP contribution is -2.25. The molecular formula is C13H17ClN2O3. The van der Waals surface area contributed by atoms with Crippen LogP contribution in [-0.2, 0) is 9.53 Å². The number of hydrogen-bond acceptors (Lipinski definition) is 4. The summed E-state index contributed by atoms with van der Waals surface area (Å²) < 4.78 is 4.78. The number of benzene rings is 1. The molecule has 0 radical (unpaired) electrons. The number of carbonyl (C=O) groups excluding carboxylic acids is 2. The molecule has 0 spiro atoms. The van der Waals surface area contributed by atoms with E-state index in [1.165, 1.54) is 0 Å². The van der Waals surface area contributed by atoms with Gasteiger partial charge in [-0.3, -0.25) is 9.59 Å². The number of hydrogen-bond donors (Lipinski definition) is 2. The number of nitrogen functional groups attached to an aromatic ring is 1. The molecule has 0 atom stereocenters. The van der Waals surface area contributed by atoms with Gasteiger partial charge >= 0.3 is 5.97 Å². The predicted molar refractivity (Wildman–Crippen MR) is 74.1 cm³/mol. The third-order valence-electron chi connectivity index (χ3n) is 2.42. The molecule has 6 heteroatoms. The number of esters is 1. The summed E-state index contributed by atoms with van der Waals surface area (Å²) in [6, 6.07) is 4.88. The molecule has 0 unspecified atom stereocenters. The number of anilines is 1. The fourth-order valence-corrected chi connectivity index (χ4v) is 1.70. The average molecular weight is 285 g/mol. The summed E-state index contributed by atoms with van der Waals surface area (Å²) in [4.78, 5) is 22.9. The van der Waals surface area contributed by atoms with Gasteiger partial charge in [-0.1, -0.05) is 17.7 Å². The second-order valence-electron chi connectivity index (χ2n) is 3.87. The molecule has 1 aromatic carbocycles. The maximum atomic E-state index is 11.8. The Kier molecular flexibility index (Phi) is 6.15. The fraction of sp³-hybridized carbons (Fsp3) is 0.385. The van der Waals surface area contributed by atoms with E-state index in [2.05, 4.69) is 5.32 Å². The third-order valence-corrected chi connectivity index (χ3v) is 2.84. The van der Waals surface area contributed by atoms with Crippen molar-refractivity contribution in [3.8, 4) is 0 Å². The van der Waals surface area contributed by atoms with Crippen LogP contribution >= 0.6 is 11.6 Å². The first kappa shape index (κ1) is 15.3. The van der Waals surface area contributed by atoms with Gasteiger partial charge in [-0.05, 0) is 25.5 Å². The number of ether oxygens (including phenoxy) is 1. The zero-order valence-electron chi connectivity index (χ0n) is 10.7. The standard InChI is InChI=1S/C13H17ClN2O3/c1-2-19-11(17)7-4-8-16-13(18)9-5-3-6-10(15)12(9)14/h3,5-6H,2,4,7-8,15H2,1H3,(H,16,18). The minimum atomic E-state index is -0.304. The van der Waals surface area contributed by atoms with Crippen molar-refractivity contribution in [2.45, 2.75) is 19.8 Å². The van der Waals surface area contributed by atoms with Gasteiger partial charge in [0, 0.05) is 13.0 Å². The van der Waals surface area contributed by atoms with Crippen LogP contribution in [0.2, 0.25) is 5.02 Å². The van der Waals surface area contributed by atoms with Crippen LogP contribution < -0.4 is 11.1 Å². The Morgan fingerprint density at radius 2 is 2.16 bits per heavy atom. The molecule has 1 amide bonds. The van der Waals surface area contributed by atoms with E-state index in [0.717, 1.165) is 0 Å². The maximum Gasteiger partial charge on any atom is 0.305 e. The van der Waals surface area contributed by atoms with E-state index >= 15 is 0 Å². The normalized spacial score (nSPS) is 10.0. The van der Waals surface area contributed by atoms with Crippen molar-refractivity contribution in [3.63, 3.8) is 0 Å². The van der Waals surface area contributed by atoms with Gasteiger partial charge in [-0.15, -0.1) is 0 Å². The first-order chi connectivity index (χ1) is 9.06. The van der Waals surface area contributed by atoms with Crippen LogP contribution in [-0.4, -0.2) is 25.0 Å². The Bertz CT molecular complexity index is 463. The van der Waals surface area contributed by atoms with E-state index in [4.69, 9.17) is 22.1 Å². The molecule has 0 aliphatic carbocycles. The maximum absolute atomic E-state index is 11.8. The predicted octanol–water partition coefficient (Wildman–Crippen LogP) is 2.00. The Labute approximate surface area is 117 Å². The molecule has 0 heterocycles. The third kappa shape index (κ3) is 4.79. The van der Waals surface area contributed by atoms with Crippen LogP contribution in [0.15, 0.2) is 18.2 Å². The molecule has 1 aromatic rings. The number of carbonyl (C=O) groups is 2. The largest absolute Gasteiger partial charge is 0.466 e. The quantitative estimate of drug-likeness (QED) is 0.475. The summed E-state index contributed by atoms with van der Waals surface area (Å²) in [5.41, 5.74) is 6.31. The van der Waals surface area contributed by atoms with Crippen LogP contribution in [0.3, 0.4) is 0 Å². The summed E-state index contributed by atoms with van der Waals surface area (Å²) in [6.07, 6.45) is 0.795. The van der Waals surface area contributed by atoms with Gasteiger partial charge in [0.25, 0.3) is 5.91 Å². The van der Waals surface area contributed by atoms with Gasteiger partial charge in [-0.2, -0.15) is 0 Å². The molecule has 0 aliphatic heterocycles. The summed E-state index contributed by atoms with van der Waals surface area (Å²) in [6.45, 7) is 2.49. The second kappa shape index (κ2) is 7.63. The molecular weight excluding hydrogens is 268 g/mol. The smallest absolute Gasteiger partial charge is 0.305 e. The molecule has 0 bridgehead atoms. The van der Waals surface area contributed by atoms with Crippen molar-refractivity contribution < 1.29 is 14.3 Å². The number of rotatable bonds is 6. The molecule has 19 heavy (non-hydrogen) atoms. The van der Waals surface area contributed by atoms with Crippen molar-refractivity contribution in [1.29, 1.82) is 0 Å². The monoisotopic (exact) mass is 284 g/mol. The van der Waals surface area contributed by atoms with Gasteiger partial charge in [0.2, 0.25) is 0 Å². The molecule has 0 aliphatic rings. The van der Waals surface area contributed by atoms with Gasteiger partial charge in [0.05, 0.1) is 22.9 Å². The Hall–Kier alpha value is -1.75. The van der Waals surface area contributed by atoms with Crippen LogP contribution in [0.5, 0.6) is 0 Å². The molecule has 3 N–H and O–H groups in total. The number of halogens is 1. The highest BCUT2D eigenvalue weighted by molar-refractivity contribution is 6.36. The minimum absolute atomic E-state index is 0.241. The van der Waals surface area contributed by atoms with Crippen LogP contribution in [0.4, 0.5) is 5.69 Å². The first-order valence-corrected chi connectivity index (χ1v) is 6.41. The molecule has 104 valence electrons. The topological polar surface area (TPSA) is 81.4 Å². The zero-order chi connectivity index (χ0) is 14.3. The molecule has 1 rings (SSSR count). The number of nitrogens with two attached hydrogens (primary N) is 1. The number of amides is 1. The minimum Gasteiger partial charge on any atom is -0.466 e. The van der Waals surface area contributed by atoms with E-state index in [-0.39, 0.29) is 23.3 Å². The molecule has 0 aromatic heterocycles. The van der Waals surface area contributed by atoms with Crippen LogP contribution in [0.1, 0.15) is 30.1 Å². The molecule has 0 fully saturated rings. The van der Waals surface area contributed by atoms with E-state index < -0.39 is 0 Å². The molecule has 5 nitrogen and oxygen atoms in total. The highest BCUT2D eigenvalue weighted by Crippen LogP contribution is 2.22. The van der Waals surface area contributed by atoms with Gasteiger partial charge in [0.1, 0.15) is 0 Å². The highest BCUT2D eigenvalue weighted by Gasteiger charge is 2.11. The van der Waals surface area contributed by atoms with E-state index in [0.29, 0.717) is 30.8 Å². The Morgan fingerprint density at radius 1 is 1.42 bits per heavy atom. The SMILES string of the molecule is CCOC(=O)CCCNC(=O)c1cccc(N)c1Cl. The van der Waals surface area contributed by atoms with Crippen molar-refractivity contribution in [2.75, 3.05) is 18.9 Å². The average Bonchev–Trinajstić information content (AvgIpc) is 2.38. The summed E-state index contributed by atoms with van der Waals surface area (Å²) >= 11 is 5.93. The van der Waals surface area contributed by atoms with Crippen molar-refractivity contribution in [3.05, 3.63) is 28.8 Å². The van der Waals surface area contributed by atoms with Gasteiger partial charge in [-0.25, -0.2) is 0 Å². The van der Waals surface area contributed by atoms with E-state index in [9.17, 15) is 9.59 Å². The van der Waals surface area contributed by atoms with E-state index in [1.54, 1.807) is 25.1 Å². The van der Waals surface area contributed by atoms with Crippen molar-refractivity contribution in [1.82, 2.24) is 5.32 Å². The lowest BCUT2D eigenvalue weighted by molar-refractivity contribution is -0.143. The Balaban J connectivity index is 2.40. The fourth-order valence-electron chi connectivity index (χ4n) is 1.49. The first-order valence-electron chi connectivity index (χ1n) is 6.04.